The molecule has 2 heterocycles. The molecule has 0 bridgehead atoms. The van der Waals surface area contributed by atoms with Crippen molar-refractivity contribution in [3.8, 4) is 0 Å². The van der Waals surface area contributed by atoms with Crippen molar-refractivity contribution in [1.82, 2.24) is 0 Å². The lowest BCUT2D eigenvalue weighted by Crippen LogP contribution is -2.42. The number of rotatable bonds is 3. The Bertz CT molecular complexity index is 835. The van der Waals surface area contributed by atoms with Gasteiger partial charge in [-0.3, -0.25) is 4.31 Å². The van der Waals surface area contributed by atoms with Crippen LogP contribution >= 0.6 is 11.3 Å². The zero-order chi connectivity index (χ0) is 16.1. The average Bonchev–Trinajstić information content (AvgIpc) is 3.01. The molecule has 0 spiro atoms. The third-order valence-corrected chi connectivity index (χ3v) is 7.29. The Morgan fingerprint density at radius 2 is 2.00 bits per heavy atom. The number of para-hydroxylation sites is 1. The molecule has 1 aliphatic rings. The number of benzene rings is 1. The molecular weight excluding hydrogens is 322 g/mol. The SMILES string of the molecule is Cc1cc(S(=O)(=O)N2c3ccccc3CC2C(=O)O)sc1C. The number of hydrogen-bond donors (Lipinski definition) is 1. The summed E-state index contributed by atoms with van der Waals surface area (Å²) in [6.45, 7) is 3.70. The number of anilines is 1. The van der Waals surface area contributed by atoms with Crippen molar-refractivity contribution in [3.63, 3.8) is 0 Å². The van der Waals surface area contributed by atoms with Gasteiger partial charge in [-0.2, -0.15) is 0 Å². The highest BCUT2D eigenvalue weighted by molar-refractivity contribution is 7.94. The van der Waals surface area contributed by atoms with Crippen LogP contribution in [0.2, 0.25) is 0 Å². The van der Waals surface area contributed by atoms with E-state index in [1.807, 2.05) is 13.8 Å². The summed E-state index contributed by atoms with van der Waals surface area (Å²) in [5.74, 6) is -1.13. The zero-order valence-corrected chi connectivity index (χ0v) is 13.7. The number of hydrogen-bond acceptors (Lipinski definition) is 4. The van der Waals surface area contributed by atoms with Crippen LogP contribution in [0.25, 0.3) is 0 Å². The molecule has 116 valence electrons. The smallest absolute Gasteiger partial charge is 0.327 e. The van der Waals surface area contributed by atoms with Crippen molar-refractivity contribution < 1.29 is 18.3 Å². The van der Waals surface area contributed by atoms with Crippen molar-refractivity contribution in [2.24, 2.45) is 0 Å². The lowest BCUT2D eigenvalue weighted by Gasteiger charge is -2.23. The van der Waals surface area contributed by atoms with Gasteiger partial charge in [0.05, 0.1) is 5.69 Å². The Labute approximate surface area is 132 Å². The van der Waals surface area contributed by atoms with Gasteiger partial charge in [0, 0.05) is 11.3 Å². The molecule has 5 nitrogen and oxygen atoms in total. The van der Waals surface area contributed by atoms with Crippen LogP contribution in [-0.4, -0.2) is 25.5 Å². The second-order valence-electron chi connectivity index (χ2n) is 5.29. The van der Waals surface area contributed by atoms with Crippen molar-refractivity contribution in [3.05, 3.63) is 46.3 Å². The number of nitrogens with zero attached hydrogens (tertiary/aromatic N) is 1. The molecule has 0 aliphatic carbocycles. The third kappa shape index (κ3) is 2.21. The molecule has 3 rings (SSSR count). The maximum absolute atomic E-state index is 13.0. The second kappa shape index (κ2) is 5.10. The summed E-state index contributed by atoms with van der Waals surface area (Å²) in [4.78, 5) is 12.4. The molecule has 1 N–H and O–H groups in total. The maximum atomic E-state index is 13.0. The minimum atomic E-state index is -3.88. The lowest BCUT2D eigenvalue weighted by atomic mass is 10.1. The van der Waals surface area contributed by atoms with Gasteiger partial charge in [0.1, 0.15) is 10.3 Å². The summed E-state index contributed by atoms with van der Waals surface area (Å²) in [6, 6.07) is 7.44. The highest BCUT2D eigenvalue weighted by atomic mass is 32.2. The van der Waals surface area contributed by atoms with E-state index in [2.05, 4.69) is 0 Å². The van der Waals surface area contributed by atoms with Crippen LogP contribution in [0, 0.1) is 13.8 Å². The van der Waals surface area contributed by atoms with E-state index in [0.717, 1.165) is 20.3 Å². The van der Waals surface area contributed by atoms with E-state index in [4.69, 9.17) is 0 Å². The topological polar surface area (TPSA) is 74.7 Å². The molecule has 7 heteroatoms. The minimum Gasteiger partial charge on any atom is -0.480 e. The molecule has 2 aromatic rings. The monoisotopic (exact) mass is 337 g/mol. The van der Waals surface area contributed by atoms with Gasteiger partial charge >= 0.3 is 5.97 Å². The van der Waals surface area contributed by atoms with Gasteiger partial charge < -0.3 is 5.11 Å². The Kier molecular flexibility index (Phi) is 3.49. The Balaban J connectivity index is 2.17. The summed E-state index contributed by atoms with van der Waals surface area (Å²) in [7, 11) is -3.88. The standard InChI is InChI=1S/C15H15NO4S2/c1-9-7-14(21-10(9)2)22(19,20)16-12-6-4-3-5-11(12)8-13(16)15(17)18/h3-7,13H,8H2,1-2H3,(H,17,18). The first-order chi connectivity index (χ1) is 10.3. The summed E-state index contributed by atoms with van der Waals surface area (Å²) < 4.78 is 27.1. The molecule has 1 aromatic carbocycles. The van der Waals surface area contributed by atoms with Crippen LogP contribution in [0.1, 0.15) is 16.0 Å². The Hall–Kier alpha value is -1.86. The molecule has 1 atom stereocenters. The number of thiophene rings is 1. The number of aliphatic carboxylic acids is 1. The zero-order valence-electron chi connectivity index (χ0n) is 12.1. The average molecular weight is 337 g/mol. The first-order valence-corrected chi connectivity index (χ1v) is 9.00. The summed E-state index contributed by atoms with van der Waals surface area (Å²) in [5, 5.41) is 9.42. The molecule has 1 aromatic heterocycles. The predicted molar refractivity (Wildman–Crippen MR) is 85.0 cm³/mol. The first kappa shape index (κ1) is 15.1. The fourth-order valence-electron chi connectivity index (χ4n) is 2.61. The molecule has 0 radical (unpaired) electrons. The third-order valence-electron chi connectivity index (χ3n) is 3.87. The number of aryl methyl sites for hydroxylation is 2. The van der Waals surface area contributed by atoms with Crippen molar-refractivity contribution in [1.29, 1.82) is 0 Å². The van der Waals surface area contributed by atoms with Crippen LogP contribution in [0.15, 0.2) is 34.5 Å². The van der Waals surface area contributed by atoms with Crippen LogP contribution in [-0.2, 0) is 21.2 Å². The molecule has 1 aliphatic heterocycles. The normalized spacial score (nSPS) is 17.5. The lowest BCUT2D eigenvalue weighted by molar-refractivity contribution is -0.138. The Morgan fingerprint density at radius 3 is 2.59 bits per heavy atom. The van der Waals surface area contributed by atoms with Gasteiger partial charge in [-0.25, -0.2) is 13.2 Å². The molecule has 22 heavy (non-hydrogen) atoms. The van der Waals surface area contributed by atoms with Crippen molar-refractivity contribution in [2.45, 2.75) is 30.5 Å². The first-order valence-electron chi connectivity index (χ1n) is 6.74. The van der Waals surface area contributed by atoms with E-state index < -0.39 is 22.0 Å². The van der Waals surface area contributed by atoms with E-state index >= 15 is 0 Å². The van der Waals surface area contributed by atoms with E-state index in [1.54, 1.807) is 30.3 Å². The number of carboxylic acid groups (broad SMARTS) is 1. The highest BCUT2D eigenvalue weighted by Gasteiger charge is 2.42. The van der Waals surface area contributed by atoms with Gasteiger partial charge in [0.25, 0.3) is 10.0 Å². The van der Waals surface area contributed by atoms with Gasteiger partial charge in [-0.05, 0) is 37.1 Å². The largest absolute Gasteiger partial charge is 0.480 e. The number of fused-ring (bicyclic) bond motifs is 1. The van der Waals surface area contributed by atoms with E-state index in [-0.39, 0.29) is 10.6 Å². The number of sulfonamides is 1. The molecule has 0 saturated heterocycles. The van der Waals surface area contributed by atoms with Gasteiger partial charge in [-0.1, -0.05) is 18.2 Å². The van der Waals surface area contributed by atoms with Gasteiger partial charge in [-0.15, -0.1) is 11.3 Å². The molecule has 0 fully saturated rings. The fourth-order valence-corrected chi connectivity index (χ4v) is 5.86. The number of carbonyl (C=O) groups is 1. The summed E-state index contributed by atoms with van der Waals surface area (Å²) >= 11 is 1.17. The van der Waals surface area contributed by atoms with E-state index in [0.29, 0.717) is 5.69 Å². The summed E-state index contributed by atoms with van der Waals surface area (Å²) in [6.07, 6.45) is 0.189. The van der Waals surface area contributed by atoms with Crippen LogP contribution < -0.4 is 4.31 Å². The van der Waals surface area contributed by atoms with E-state index in [9.17, 15) is 18.3 Å². The molecular formula is C15H15NO4S2. The van der Waals surface area contributed by atoms with Gasteiger partial charge in [0.2, 0.25) is 0 Å². The van der Waals surface area contributed by atoms with E-state index in [1.165, 1.54) is 11.3 Å². The molecule has 0 saturated carbocycles. The van der Waals surface area contributed by atoms with Crippen LogP contribution in [0.4, 0.5) is 5.69 Å². The summed E-state index contributed by atoms with van der Waals surface area (Å²) in [5.41, 5.74) is 2.09. The molecule has 1 unspecified atom stereocenters. The number of carboxylic acids is 1. The Morgan fingerprint density at radius 1 is 1.32 bits per heavy atom. The molecule has 0 amide bonds. The minimum absolute atomic E-state index is 0.186. The maximum Gasteiger partial charge on any atom is 0.327 e. The van der Waals surface area contributed by atoms with Crippen LogP contribution in [0.3, 0.4) is 0 Å². The second-order valence-corrected chi connectivity index (χ2v) is 8.59. The van der Waals surface area contributed by atoms with Crippen molar-refractivity contribution >= 4 is 33.0 Å². The fraction of sp³-hybridized carbons (Fsp3) is 0.267. The van der Waals surface area contributed by atoms with Crippen molar-refractivity contribution in [2.75, 3.05) is 4.31 Å². The van der Waals surface area contributed by atoms with Crippen LogP contribution in [0.5, 0.6) is 0 Å². The van der Waals surface area contributed by atoms with Gasteiger partial charge in [0.15, 0.2) is 0 Å². The predicted octanol–water partition coefficient (Wildman–Crippen LogP) is 2.57. The quantitative estimate of drug-likeness (QED) is 0.934. The highest BCUT2D eigenvalue weighted by Crippen LogP contribution is 2.38.